The molecule has 1 aliphatic carbocycles. The zero-order valence-corrected chi connectivity index (χ0v) is 11.3. The van der Waals surface area contributed by atoms with Crippen molar-refractivity contribution in [2.75, 3.05) is 5.73 Å². The lowest BCUT2D eigenvalue weighted by molar-refractivity contribution is 0.516. The van der Waals surface area contributed by atoms with Gasteiger partial charge in [-0.25, -0.2) is 0 Å². The summed E-state index contributed by atoms with van der Waals surface area (Å²) in [6.07, 6.45) is 6.60. The van der Waals surface area contributed by atoms with Gasteiger partial charge in [0.1, 0.15) is 0 Å². The quantitative estimate of drug-likeness (QED) is 0.769. The molecule has 0 spiro atoms. The number of rotatable bonds is 2. The van der Waals surface area contributed by atoms with Crippen molar-refractivity contribution in [3.8, 4) is 0 Å². The van der Waals surface area contributed by atoms with Crippen LogP contribution in [-0.2, 0) is 0 Å². The van der Waals surface area contributed by atoms with E-state index in [0.29, 0.717) is 15.3 Å². The first kappa shape index (κ1) is 12.4. The van der Waals surface area contributed by atoms with Crippen LogP contribution in [0.5, 0.6) is 0 Å². The molecule has 1 aromatic rings. The summed E-state index contributed by atoms with van der Waals surface area (Å²) in [6.45, 7) is 0. The zero-order valence-electron chi connectivity index (χ0n) is 9.01. The predicted octanol–water partition coefficient (Wildman–Crippen LogP) is 5.00. The van der Waals surface area contributed by atoms with Gasteiger partial charge in [-0.05, 0) is 25.0 Å². The summed E-state index contributed by atoms with van der Waals surface area (Å²) in [5.41, 5.74) is 6.68. The summed E-state index contributed by atoms with van der Waals surface area (Å²) in [6, 6.07) is 3.63. The van der Waals surface area contributed by atoms with Gasteiger partial charge in [-0.3, -0.25) is 0 Å². The molecule has 1 nitrogen and oxygen atoms in total. The van der Waals surface area contributed by atoms with Crippen LogP contribution < -0.4 is 5.73 Å². The molecule has 0 aliphatic heterocycles. The number of anilines is 1. The highest BCUT2D eigenvalue weighted by molar-refractivity contribution is 8.00. The Labute approximate surface area is 111 Å². The van der Waals surface area contributed by atoms with Gasteiger partial charge in [0.15, 0.2) is 0 Å². The molecular weight excluding hydrogens is 261 g/mol. The van der Waals surface area contributed by atoms with E-state index in [2.05, 4.69) is 0 Å². The van der Waals surface area contributed by atoms with Crippen LogP contribution in [0.3, 0.4) is 0 Å². The average molecular weight is 276 g/mol. The van der Waals surface area contributed by atoms with Gasteiger partial charge >= 0.3 is 0 Å². The maximum Gasteiger partial charge on any atom is 0.0613 e. The molecule has 16 heavy (non-hydrogen) atoms. The molecule has 1 saturated carbocycles. The molecule has 0 amide bonds. The molecule has 0 bridgehead atoms. The Bertz CT molecular complexity index is 376. The minimum absolute atomic E-state index is 0.534. The molecule has 0 atom stereocenters. The Balaban J connectivity index is 2.11. The van der Waals surface area contributed by atoms with E-state index >= 15 is 0 Å². The van der Waals surface area contributed by atoms with Crippen LogP contribution in [0.1, 0.15) is 32.1 Å². The van der Waals surface area contributed by atoms with E-state index in [-0.39, 0.29) is 0 Å². The number of nitrogens with two attached hydrogens (primary N) is 1. The Morgan fingerprint density at radius 2 is 1.69 bits per heavy atom. The maximum absolute atomic E-state index is 6.00. The van der Waals surface area contributed by atoms with E-state index in [9.17, 15) is 0 Å². The number of hydrogen-bond acceptors (Lipinski definition) is 2. The van der Waals surface area contributed by atoms with Gasteiger partial charge in [-0.15, -0.1) is 11.8 Å². The van der Waals surface area contributed by atoms with Gasteiger partial charge in [0, 0.05) is 15.8 Å². The fourth-order valence-electron chi connectivity index (χ4n) is 2.01. The number of benzene rings is 1. The third kappa shape index (κ3) is 2.99. The van der Waals surface area contributed by atoms with Crippen LogP contribution in [0.15, 0.2) is 17.0 Å². The molecule has 2 N–H and O–H groups in total. The minimum Gasteiger partial charge on any atom is -0.398 e. The zero-order chi connectivity index (χ0) is 11.5. The normalized spacial score (nSPS) is 17.6. The molecular formula is C12H15Cl2NS. The van der Waals surface area contributed by atoms with Gasteiger partial charge in [-0.2, -0.15) is 0 Å². The smallest absolute Gasteiger partial charge is 0.0613 e. The standard InChI is InChI=1S/C12H15Cl2NS/c13-9-6-11(15)12(7-10(9)14)16-8-4-2-1-3-5-8/h6-8H,1-5,15H2. The molecule has 1 aromatic carbocycles. The molecule has 0 saturated heterocycles. The first-order valence-corrected chi connectivity index (χ1v) is 7.21. The first-order chi connectivity index (χ1) is 7.66. The largest absolute Gasteiger partial charge is 0.398 e. The predicted molar refractivity (Wildman–Crippen MR) is 73.6 cm³/mol. The minimum atomic E-state index is 0.534. The van der Waals surface area contributed by atoms with Crippen molar-refractivity contribution < 1.29 is 0 Å². The van der Waals surface area contributed by atoms with Crippen molar-refractivity contribution in [2.24, 2.45) is 0 Å². The van der Waals surface area contributed by atoms with Crippen LogP contribution in [0.25, 0.3) is 0 Å². The molecule has 4 heteroatoms. The molecule has 0 aromatic heterocycles. The van der Waals surface area contributed by atoms with Gasteiger partial charge in [-0.1, -0.05) is 42.5 Å². The van der Waals surface area contributed by atoms with Crippen LogP contribution in [0, 0.1) is 0 Å². The van der Waals surface area contributed by atoms with E-state index in [1.54, 1.807) is 6.07 Å². The van der Waals surface area contributed by atoms with Crippen molar-refractivity contribution in [1.82, 2.24) is 0 Å². The summed E-state index contributed by atoms with van der Waals surface area (Å²) >= 11 is 13.8. The highest BCUT2D eigenvalue weighted by Crippen LogP contribution is 2.39. The van der Waals surface area contributed by atoms with Crippen molar-refractivity contribution in [3.05, 3.63) is 22.2 Å². The number of hydrogen-bond donors (Lipinski definition) is 1. The molecule has 0 heterocycles. The Kier molecular flexibility index (Phi) is 4.28. The Morgan fingerprint density at radius 1 is 1.06 bits per heavy atom. The van der Waals surface area contributed by atoms with Gasteiger partial charge in [0.25, 0.3) is 0 Å². The fourth-order valence-corrected chi connectivity index (χ4v) is 3.72. The van der Waals surface area contributed by atoms with Crippen molar-refractivity contribution in [2.45, 2.75) is 42.2 Å². The van der Waals surface area contributed by atoms with E-state index in [1.807, 2.05) is 17.8 Å². The summed E-state index contributed by atoms with van der Waals surface area (Å²) in [5, 5.41) is 1.81. The van der Waals surface area contributed by atoms with Crippen LogP contribution in [0.4, 0.5) is 5.69 Å². The summed E-state index contributed by atoms with van der Waals surface area (Å²) in [7, 11) is 0. The summed E-state index contributed by atoms with van der Waals surface area (Å²) < 4.78 is 0. The second-order valence-electron chi connectivity index (χ2n) is 4.18. The molecule has 88 valence electrons. The van der Waals surface area contributed by atoms with Crippen LogP contribution in [-0.4, -0.2) is 5.25 Å². The highest BCUT2D eigenvalue weighted by Gasteiger charge is 2.16. The maximum atomic E-state index is 6.00. The van der Waals surface area contributed by atoms with E-state index in [1.165, 1.54) is 32.1 Å². The van der Waals surface area contributed by atoms with Gasteiger partial charge in [0.05, 0.1) is 10.0 Å². The average Bonchev–Trinajstić information content (AvgIpc) is 2.27. The van der Waals surface area contributed by atoms with Crippen LogP contribution in [0.2, 0.25) is 10.0 Å². The lowest BCUT2D eigenvalue weighted by Gasteiger charge is -2.21. The highest BCUT2D eigenvalue weighted by atomic mass is 35.5. The van der Waals surface area contributed by atoms with Crippen molar-refractivity contribution in [3.63, 3.8) is 0 Å². The van der Waals surface area contributed by atoms with Gasteiger partial charge < -0.3 is 5.73 Å². The molecule has 1 fully saturated rings. The third-order valence-corrected chi connectivity index (χ3v) is 5.03. The molecule has 0 radical (unpaired) electrons. The third-order valence-electron chi connectivity index (χ3n) is 2.90. The monoisotopic (exact) mass is 275 g/mol. The number of thioether (sulfide) groups is 1. The summed E-state index contributed by atoms with van der Waals surface area (Å²) in [5.74, 6) is 0. The SMILES string of the molecule is Nc1cc(Cl)c(Cl)cc1SC1CCCCC1. The van der Waals surface area contributed by atoms with Crippen LogP contribution >= 0.6 is 35.0 Å². The van der Waals surface area contributed by atoms with Crippen molar-refractivity contribution in [1.29, 1.82) is 0 Å². The Morgan fingerprint density at radius 3 is 2.38 bits per heavy atom. The first-order valence-electron chi connectivity index (χ1n) is 5.58. The fraction of sp³-hybridized carbons (Fsp3) is 0.500. The Hall–Kier alpha value is -0.0500. The lowest BCUT2D eigenvalue weighted by Crippen LogP contribution is -2.08. The molecule has 1 aliphatic rings. The van der Waals surface area contributed by atoms with E-state index in [4.69, 9.17) is 28.9 Å². The summed E-state index contributed by atoms with van der Waals surface area (Å²) in [4.78, 5) is 1.07. The van der Waals surface area contributed by atoms with Gasteiger partial charge in [0.2, 0.25) is 0 Å². The topological polar surface area (TPSA) is 26.0 Å². The number of halogens is 2. The van der Waals surface area contributed by atoms with Crippen molar-refractivity contribution >= 4 is 40.7 Å². The molecule has 0 unspecified atom stereocenters. The number of nitrogen functional groups attached to an aromatic ring is 1. The lowest BCUT2D eigenvalue weighted by atomic mass is 10.0. The van der Waals surface area contributed by atoms with E-state index in [0.717, 1.165) is 10.6 Å². The second-order valence-corrected chi connectivity index (χ2v) is 6.34. The van der Waals surface area contributed by atoms with E-state index < -0.39 is 0 Å². The molecule has 2 rings (SSSR count). The second kappa shape index (κ2) is 5.52.